The van der Waals surface area contributed by atoms with Gasteiger partial charge in [0.25, 0.3) is 0 Å². The van der Waals surface area contributed by atoms with E-state index < -0.39 is 19.0 Å². The van der Waals surface area contributed by atoms with Gasteiger partial charge in [0.1, 0.15) is 18.4 Å². The molecule has 0 saturated carbocycles. The Morgan fingerprint density at radius 1 is 0.972 bits per heavy atom. The van der Waals surface area contributed by atoms with E-state index in [1.807, 2.05) is 61.5 Å². The standard InChI is InChI=1S/C27H39BN2O6/c1-20(26(31)34-3)24(18-29-25(27(32)35-4)12-8-9-17-30-28(2)33)22-13-15-23(16-14-22)36-19-21-10-6-5-7-11-21/h5-7,10-11,13-16,20,24-25,29-30,33H,8-9,12,17-19H2,1-4H3/t20?,24?,25-/m1/s1. The van der Waals surface area contributed by atoms with E-state index in [2.05, 4.69) is 10.5 Å². The minimum absolute atomic E-state index is 0.218. The lowest BCUT2D eigenvalue weighted by molar-refractivity contribution is -0.145. The fourth-order valence-corrected chi connectivity index (χ4v) is 3.98. The topological polar surface area (TPSA) is 106 Å². The highest BCUT2D eigenvalue weighted by atomic mass is 16.5. The summed E-state index contributed by atoms with van der Waals surface area (Å²) in [6, 6.07) is 17.1. The minimum atomic E-state index is -0.560. The molecule has 0 aliphatic carbocycles. The van der Waals surface area contributed by atoms with E-state index in [4.69, 9.17) is 14.2 Å². The van der Waals surface area contributed by atoms with Crippen LogP contribution in [0.4, 0.5) is 0 Å². The van der Waals surface area contributed by atoms with Crippen molar-refractivity contribution >= 4 is 19.0 Å². The molecule has 0 spiro atoms. The lowest BCUT2D eigenvalue weighted by Gasteiger charge is -2.26. The molecule has 9 heteroatoms. The molecule has 2 aromatic carbocycles. The Balaban J connectivity index is 2.04. The summed E-state index contributed by atoms with van der Waals surface area (Å²) in [6.07, 6.45) is 2.17. The summed E-state index contributed by atoms with van der Waals surface area (Å²) >= 11 is 0. The number of benzene rings is 2. The van der Waals surface area contributed by atoms with Crippen LogP contribution in [0.5, 0.6) is 5.75 Å². The molecular formula is C27H39BN2O6. The Bertz CT molecular complexity index is 910. The van der Waals surface area contributed by atoms with Gasteiger partial charge in [-0.1, -0.05) is 55.8 Å². The van der Waals surface area contributed by atoms with Crippen molar-refractivity contribution in [2.75, 3.05) is 27.3 Å². The number of nitrogens with one attached hydrogen (secondary N) is 2. The Labute approximate surface area is 214 Å². The summed E-state index contributed by atoms with van der Waals surface area (Å²) in [5, 5.41) is 15.6. The van der Waals surface area contributed by atoms with Crippen molar-refractivity contribution in [3.05, 3.63) is 65.7 Å². The van der Waals surface area contributed by atoms with Crippen LogP contribution in [-0.2, 0) is 25.7 Å². The monoisotopic (exact) mass is 498 g/mol. The maximum Gasteiger partial charge on any atom is 0.373 e. The molecule has 0 amide bonds. The van der Waals surface area contributed by atoms with Gasteiger partial charge in [-0.3, -0.25) is 9.59 Å². The zero-order chi connectivity index (χ0) is 26.3. The molecule has 2 aromatic rings. The molecule has 0 bridgehead atoms. The van der Waals surface area contributed by atoms with Crippen LogP contribution in [0.25, 0.3) is 0 Å². The van der Waals surface area contributed by atoms with Gasteiger partial charge >= 0.3 is 19.0 Å². The quantitative estimate of drug-likeness (QED) is 0.184. The average molecular weight is 498 g/mol. The van der Waals surface area contributed by atoms with Crippen LogP contribution >= 0.6 is 0 Å². The number of ether oxygens (including phenoxy) is 3. The highest BCUT2D eigenvalue weighted by Crippen LogP contribution is 2.27. The van der Waals surface area contributed by atoms with Gasteiger partial charge < -0.3 is 29.8 Å². The third kappa shape index (κ3) is 10.0. The fourth-order valence-electron chi connectivity index (χ4n) is 3.98. The number of carbonyl (C=O) groups is 2. The molecule has 0 fully saturated rings. The number of methoxy groups -OCH3 is 2. The Morgan fingerprint density at radius 3 is 2.25 bits per heavy atom. The van der Waals surface area contributed by atoms with Crippen molar-refractivity contribution in [2.24, 2.45) is 5.92 Å². The summed E-state index contributed by atoms with van der Waals surface area (Å²) < 4.78 is 15.9. The first-order valence-electron chi connectivity index (χ1n) is 12.4. The van der Waals surface area contributed by atoms with Crippen LogP contribution in [-0.4, -0.2) is 57.4 Å². The molecule has 0 aliphatic rings. The highest BCUT2D eigenvalue weighted by molar-refractivity contribution is 6.45. The number of hydrogen-bond acceptors (Lipinski definition) is 8. The lowest BCUT2D eigenvalue weighted by Crippen LogP contribution is -2.41. The van der Waals surface area contributed by atoms with Crippen LogP contribution in [0.15, 0.2) is 54.6 Å². The number of rotatable bonds is 16. The van der Waals surface area contributed by atoms with E-state index >= 15 is 0 Å². The lowest BCUT2D eigenvalue weighted by atomic mass is 9.86. The van der Waals surface area contributed by atoms with Crippen molar-refractivity contribution in [3.63, 3.8) is 0 Å². The zero-order valence-corrected chi connectivity index (χ0v) is 21.7. The maximum absolute atomic E-state index is 12.4. The van der Waals surface area contributed by atoms with Gasteiger partial charge in [0.05, 0.1) is 20.1 Å². The second-order valence-corrected chi connectivity index (χ2v) is 8.87. The number of unbranched alkanes of at least 4 members (excludes halogenated alkanes) is 1. The summed E-state index contributed by atoms with van der Waals surface area (Å²) in [5.41, 5.74) is 2.02. The molecule has 0 saturated heterocycles. The van der Waals surface area contributed by atoms with Gasteiger partial charge in [0.2, 0.25) is 0 Å². The summed E-state index contributed by atoms with van der Waals surface area (Å²) in [4.78, 5) is 24.8. The second kappa shape index (κ2) is 16.0. The van der Waals surface area contributed by atoms with Crippen LogP contribution in [0, 0.1) is 5.92 Å². The molecule has 196 valence electrons. The van der Waals surface area contributed by atoms with E-state index in [9.17, 15) is 14.6 Å². The summed E-state index contributed by atoms with van der Waals surface area (Å²) in [5.74, 6) is -0.562. The van der Waals surface area contributed by atoms with Crippen molar-refractivity contribution < 1.29 is 28.8 Å². The molecule has 0 radical (unpaired) electrons. The zero-order valence-electron chi connectivity index (χ0n) is 21.7. The first-order chi connectivity index (χ1) is 17.3. The smallest absolute Gasteiger partial charge is 0.373 e. The second-order valence-electron chi connectivity index (χ2n) is 8.87. The molecule has 0 heterocycles. The molecule has 0 aromatic heterocycles. The molecule has 2 rings (SSSR count). The van der Waals surface area contributed by atoms with Gasteiger partial charge in [-0.05, 0) is 49.5 Å². The SMILES string of the molecule is COC(=O)C(C)C(CN[C@H](CCCCNB(C)O)C(=O)OC)c1ccc(OCc2ccccc2)cc1. The van der Waals surface area contributed by atoms with Gasteiger partial charge in [0.15, 0.2) is 0 Å². The van der Waals surface area contributed by atoms with Crippen molar-refractivity contribution in [1.82, 2.24) is 10.5 Å². The van der Waals surface area contributed by atoms with E-state index in [1.54, 1.807) is 6.82 Å². The van der Waals surface area contributed by atoms with Crippen LogP contribution in [0.3, 0.4) is 0 Å². The van der Waals surface area contributed by atoms with Gasteiger partial charge in [-0.2, -0.15) is 0 Å². The van der Waals surface area contributed by atoms with Gasteiger partial charge in [-0.15, -0.1) is 0 Å². The molecule has 0 aliphatic heterocycles. The maximum atomic E-state index is 12.4. The third-order valence-electron chi connectivity index (χ3n) is 6.16. The predicted octanol–water partition coefficient (Wildman–Crippen LogP) is 3.16. The Kier molecular flexibility index (Phi) is 13.0. The van der Waals surface area contributed by atoms with Gasteiger partial charge in [-0.25, -0.2) is 0 Å². The van der Waals surface area contributed by atoms with Crippen LogP contribution < -0.4 is 15.3 Å². The Morgan fingerprint density at radius 2 is 1.64 bits per heavy atom. The van der Waals surface area contributed by atoms with E-state index in [-0.39, 0.29) is 17.9 Å². The normalized spacial score (nSPS) is 13.4. The number of carbonyl (C=O) groups excluding carboxylic acids is 2. The third-order valence-corrected chi connectivity index (χ3v) is 6.16. The average Bonchev–Trinajstić information content (AvgIpc) is 2.90. The first kappa shape index (κ1) is 29.4. The largest absolute Gasteiger partial charge is 0.489 e. The number of hydrogen-bond donors (Lipinski definition) is 3. The fraction of sp³-hybridized carbons (Fsp3) is 0.481. The highest BCUT2D eigenvalue weighted by Gasteiger charge is 2.28. The van der Waals surface area contributed by atoms with Crippen molar-refractivity contribution in [1.29, 1.82) is 0 Å². The Hall–Kier alpha value is -2.88. The summed E-state index contributed by atoms with van der Waals surface area (Å²) in [7, 11) is 2.19. The van der Waals surface area contributed by atoms with Crippen LogP contribution in [0.2, 0.25) is 6.82 Å². The van der Waals surface area contributed by atoms with Gasteiger partial charge in [0, 0.05) is 12.5 Å². The van der Waals surface area contributed by atoms with Crippen molar-refractivity contribution in [3.8, 4) is 5.75 Å². The van der Waals surface area contributed by atoms with E-state index in [1.165, 1.54) is 14.2 Å². The molecule has 8 nitrogen and oxygen atoms in total. The minimum Gasteiger partial charge on any atom is -0.489 e. The van der Waals surface area contributed by atoms with E-state index in [0.29, 0.717) is 26.1 Å². The van der Waals surface area contributed by atoms with E-state index in [0.717, 1.165) is 29.7 Å². The number of esters is 2. The molecule has 2 unspecified atom stereocenters. The molecular weight excluding hydrogens is 459 g/mol. The molecule has 3 atom stereocenters. The molecule has 36 heavy (non-hydrogen) atoms. The van der Waals surface area contributed by atoms with Crippen molar-refractivity contribution in [2.45, 2.75) is 51.6 Å². The molecule has 3 N–H and O–H groups in total. The van der Waals surface area contributed by atoms with Crippen LogP contribution in [0.1, 0.15) is 43.2 Å². The first-order valence-corrected chi connectivity index (χ1v) is 12.4. The predicted molar refractivity (Wildman–Crippen MR) is 141 cm³/mol. The summed E-state index contributed by atoms with van der Waals surface area (Å²) in [6.45, 7) is 5.02.